The number of aromatic carboxylic acids is 1. The van der Waals surface area contributed by atoms with Gasteiger partial charge in [0.1, 0.15) is 5.54 Å². The Morgan fingerprint density at radius 2 is 2.21 bits per heavy atom. The molecule has 0 aromatic heterocycles. The number of anilines is 2. The van der Waals surface area contributed by atoms with Crippen LogP contribution in [0.25, 0.3) is 0 Å². The predicted octanol–water partition coefficient (Wildman–Crippen LogP) is 1.45. The molecule has 0 aliphatic carbocycles. The van der Waals surface area contributed by atoms with Crippen molar-refractivity contribution >= 4 is 23.3 Å². The maximum absolute atomic E-state index is 11.7. The lowest BCUT2D eigenvalue weighted by molar-refractivity contribution is -0.115. The van der Waals surface area contributed by atoms with E-state index in [-0.39, 0.29) is 18.0 Å². The van der Waals surface area contributed by atoms with Crippen LogP contribution in [-0.2, 0) is 4.79 Å². The first kappa shape index (κ1) is 12.9. The lowest BCUT2D eigenvalue weighted by Crippen LogP contribution is -2.49. The summed E-state index contributed by atoms with van der Waals surface area (Å²) in [4.78, 5) is 24.3. The fourth-order valence-corrected chi connectivity index (χ4v) is 1.98. The summed E-state index contributed by atoms with van der Waals surface area (Å²) in [7, 11) is 0. The molecule has 0 saturated heterocycles. The molecule has 0 unspecified atom stereocenters. The van der Waals surface area contributed by atoms with Gasteiger partial charge in [0, 0.05) is 0 Å². The quantitative estimate of drug-likeness (QED) is 0.838. The van der Waals surface area contributed by atoms with Gasteiger partial charge < -0.3 is 15.3 Å². The number of nitrogens with one attached hydrogen (secondary N) is 1. The fourth-order valence-electron chi connectivity index (χ4n) is 1.98. The summed E-state index contributed by atoms with van der Waals surface area (Å²) in [6.45, 7) is 3.49. The average molecular weight is 259 g/mol. The van der Waals surface area contributed by atoms with Crippen molar-refractivity contribution < 1.29 is 14.7 Å². The average Bonchev–Trinajstić information content (AvgIpc) is 2.36. The van der Waals surface area contributed by atoms with Crippen LogP contribution in [0.4, 0.5) is 11.4 Å². The van der Waals surface area contributed by atoms with Crippen molar-refractivity contribution in [3.63, 3.8) is 0 Å². The van der Waals surface area contributed by atoms with Crippen LogP contribution >= 0.6 is 0 Å². The van der Waals surface area contributed by atoms with Crippen LogP contribution in [0.15, 0.2) is 18.2 Å². The first-order valence-electron chi connectivity index (χ1n) is 5.71. The molecular weight excluding hydrogens is 246 g/mol. The topological polar surface area (TPSA) is 93.4 Å². The first-order chi connectivity index (χ1) is 8.85. The second-order valence-electron chi connectivity index (χ2n) is 4.84. The number of amides is 1. The van der Waals surface area contributed by atoms with Gasteiger partial charge in [-0.15, -0.1) is 0 Å². The molecule has 0 spiro atoms. The first-order valence-corrected chi connectivity index (χ1v) is 5.71. The monoisotopic (exact) mass is 259 g/mol. The van der Waals surface area contributed by atoms with E-state index in [2.05, 4.69) is 11.4 Å². The molecule has 6 heteroatoms. The molecule has 2 N–H and O–H groups in total. The van der Waals surface area contributed by atoms with Gasteiger partial charge in [0.15, 0.2) is 0 Å². The summed E-state index contributed by atoms with van der Waals surface area (Å²) in [6.07, 6.45) is 0. The number of hydrogen-bond donors (Lipinski definition) is 2. The van der Waals surface area contributed by atoms with Gasteiger partial charge in [-0.3, -0.25) is 4.79 Å². The molecule has 0 atom stereocenters. The van der Waals surface area contributed by atoms with E-state index in [0.29, 0.717) is 11.4 Å². The summed E-state index contributed by atoms with van der Waals surface area (Å²) in [5, 5.41) is 20.8. The minimum atomic E-state index is -1.06. The molecule has 0 bridgehead atoms. The standard InChI is InChI=1S/C13H13N3O3/c1-13(2,7-14)16-6-11(17)15-9-5-8(12(18)19)3-4-10(9)16/h3-5H,6H2,1-2H3,(H,15,17)(H,18,19). The highest BCUT2D eigenvalue weighted by molar-refractivity contribution is 6.03. The number of rotatable bonds is 2. The van der Waals surface area contributed by atoms with E-state index in [9.17, 15) is 14.9 Å². The zero-order valence-corrected chi connectivity index (χ0v) is 10.6. The summed E-state index contributed by atoms with van der Waals surface area (Å²) < 4.78 is 0. The molecule has 2 rings (SSSR count). The van der Waals surface area contributed by atoms with Gasteiger partial charge in [0.25, 0.3) is 0 Å². The van der Waals surface area contributed by atoms with E-state index in [0.717, 1.165) is 0 Å². The number of nitriles is 1. The van der Waals surface area contributed by atoms with Crippen LogP contribution < -0.4 is 10.2 Å². The number of carbonyl (C=O) groups excluding carboxylic acids is 1. The number of carboxylic acids is 1. The number of hydrogen-bond acceptors (Lipinski definition) is 4. The summed E-state index contributed by atoms with van der Waals surface area (Å²) in [5.74, 6) is -1.33. The highest BCUT2D eigenvalue weighted by Gasteiger charge is 2.33. The largest absolute Gasteiger partial charge is 0.478 e. The van der Waals surface area contributed by atoms with Gasteiger partial charge in [-0.05, 0) is 32.0 Å². The van der Waals surface area contributed by atoms with Crippen LogP contribution in [0, 0.1) is 11.3 Å². The maximum atomic E-state index is 11.7. The Bertz CT molecular complexity index is 602. The molecule has 1 aliphatic heterocycles. The summed E-state index contributed by atoms with van der Waals surface area (Å²) >= 11 is 0. The van der Waals surface area contributed by atoms with Gasteiger partial charge in [-0.25, -0.2) is 4.79 Å². The van der Waals surface area contributed by atoms with E-state index in [1.807, 2.05) is 0 Å². The third kappa shape index (κ3) is 2.22. The highest BCUT2D eigenvalue weighted by atomic mass is 16.4. The number of carbonyl (C=O) groups is 2. The fraction of sp³-hybridized carbons (Fsp3) is 0.308. The van der Waals surface area contributed by atoms with Gasteiger partial charge in [0.05, 0.1) is 29.6 Å². The molecule has 0 fully saturated rings. The Hall–Kier alpha value is -2.55. The van der Waals surface area contributed by atoms with Crippen molar-refractivity contribution in [2.75, 3.05) is 16.8 Å². The normalized spacial score (nSPS) is 14.4. The van der Waals surface area contributed by atoms with Crippen molar-refractivity contribution in [3.05, 3.63) is 23.8 Å². The zero-order chi connectivity index (χ0) is 14.2. The smallest absolute Gasteiger partial charge is 0.335 e. The molecule has 1 heterocycles. The van der Waals surface area contributed by atoms with Crippen molar-refractivity contribution in [1.82, 2.24) is 0 Å². The number of fused-ring (bicyclic) bond motifs is 1. The number of nitrogens with zero attached hydrogens (tertiary/aromatic N) is 2. The van der Waals surface area contributed by atoms with E-state index in [1.165, 1.54) is 12.1 Å². The molecule has 19 heavy (non-hydrogen) atoms. The minimum absolute atomic E-state index is 0.0694. The van der Waals surface area contributed by atoms with E-state index < -0.39 is 11.5 Å². The van der Waals surface area contributed by atoms with Crippen molar-refractivity contribution in [1.29, 1.82) is 5.26 Å². The molecule has 1 aromatic rings. The van der Waals surface area contributed by atoms with Gasteiger partial charge in [0.2, 0.25) is 5.91 Å². The molecule has 0 saturated carbocycles. The second-order valence-corrected chi connectivity index (χ2v) is 4.84. The summed E-state index contributed by atoms with van der Waals surface area (Å²) in [5.41, 5.74) is 0.309. The Morgan fingerprint density at radius 1 is 1.53 bits per heavy atom. The molecule has 1 amide bonds. The van der Waals surface area contributed by atoms with E-state index >= 15 is 0 Å². The van der Waals surface area contributed by atoms with Crippen molar-refractivity contribution in [2.24, 2.45) is 0 Å². The van der Waals surface area contributed by atoms with Crippen molar-refractivity contribution in [2.45, 2.75) is 19.4 Å². The van der Waals surface area contributed by atoms with Gasteiger partial charge >= 0.3 is 5.97 Å². The molecule has 1 aliphatic rings. The molecular formula is C13H13N3O3. The van der Waals surface area contributed by atoms with E-state index in [4.69, 9.17) is 5.11 Å². The Kier molecular flexibility index (Phi) is 2.91. The Balaban J connectivity index is 2.54. The predicted molar refractivity (Wildman–Crippen MR) is 69.1 cm³/mol. The second kappa shape index (κ2) is 4.28. The SMILES string of the molecule is CC(C)(C#N)N1CC(=O)Nc2cc(C(=O)O)ccc21. The minimum Gasteiger partial charge on any atom is -0.478 e. The van der Waals surface area contributed by atoms with Crippen LogP contribution in [0.2, 0.25) is 0 Å². The molecule has 6 nitrogen and oxygen atoms in total. The van der Waals surface area contributed by atoms with E-state index in [1.54, 1.807) is 24.8 Å². The third-order valence-corrected chi connectivity index (χ3v) is 3.06. The molecule has 98 valence electrons. The lowest BCUT2D eigenvalue weighted by Gasteiger charge is -2.38. The number of carboxylic acid groups (broad SMARTS) is 1. The zero-order valence-electron chi connectivity index (χ0n) is 10.6. The summed E-state index contributed by atoms with van der Waals surface area (Å²) in [6, 6.07) is 6.60. The van der Waals surface area contributed by atoms with Crippen LogP contribution in [0.5, 0.6) is 0 Å². The van der Waals surface area contributed by atoms with Crippen molar-refractivity contribution in [3.8, 4) is 6.07 Å². The number of benzene rings is 1. The Labute approximate surface area is 110 Å². The van der Waals surface area contributed by atoms with Gasteiger partial charge in [-0.2, -0.15) is 5.26 Å². The molecule has 0 radical (unpaired) electrons. The third-order valence-electron chi connectivity index (χ3n) is 3.06. The van der Waals surface area contributed by atoms with Gasteiger partial charge in [-0.1, -0.05) is 0 Å². The van der Waals surface area contributed by atoms with Crippen LogP contribution in [0.3, 0.4) is 0 Å². The van der Waals surface area contributed by atoms with Crippen LogP contribution in [0.1, 0.15) is 24.2 Å². The highest BCUT2D eigenvalue weighted by Crippen LogP contribution is 2.34. The lowest BCUT2D eigenvalue weighted by atomic mass is 10.0. The Morgan fingerprint density at radius 3 is 2.79 bits per heavy atom. The van der Waals surface area contributed by atoms with Crippen LogP contribution in [-0.4, -0.2) is 29.1 Å². The molecule has 1 aromatic carbocycles. The maximum Gasteiger partial charge on any atom is 0.335 e.